The molecule has 0 aromatic carbocycles. The monoisotopic (exact) mass is 1080 g/mol. The van der Waals surface area contributed by atoms with E-state index in [0.717, 1.165) is 141 Å². The van der Waals surface area contributed by atoms with Crippen LogP contribution in [0, 0.1) is 0 Å². The summed E-state index contributed by atoms with van der Waals surface area (Å²) in [5.74, 6) is -0.940. The molecule has 0 N–H and O–H groups in total. The van der Waals surface area contributed by atoms with Crippen molar-refractivity contribution >= 4 is 17.9 Å². The number of ether oxygens (including phenoxy) is 3. The van der Waals surface area contributed by atoms with Gasteiger partial charge in [0.15, 0.2) is 6.10 Å². The van der Waals surface area contributed by atoms with Crippen LogP contribution in [0.5, 0.6) is 0 Å². The molecule has 0 aliphatic rings. The van der Waals surface area contributed by atoms with Crippen molar-refractivity contribution in [2.45, 2.75) is 290 Å². The molecule has 0 saturated heterocycles. The molecule has 6 nitrogen and oxygen atoms in total. The van der Waals surface area contributed by atoms with Crippen molar-refractivity contribution in [1.82, 2.24) is 0 Å². The maximum Gasteiger partial charge on any atom is 0.306 e. The Hall–Kier alpha value is -4.45. The fourth-order valence-corrected chi connectivity index (χ4v) is 8.61. The first-order valence-corrected chi connectivity index (χ1v) is 32.2. The SMILES string of the molecule is CC/C=C\C/C=C\C/C=C\C/C=C\C/C=C\CCCCCCCCCCCCCC(=O)OCC(COC(=O)CCCCCCC/C=C\CCCCCCC)OC(=O)CCCCC/C=C\C/C=C\C/C=C\C/C=C\C/C=C\CC. The van der Waals surface area contributed by atoms with Crippen molar-refractivity contribution < 1.29 is 28.6 Å². The van der Waals surface area contributed by atoms with Crippen molar-refractivity contribution in [2.75, 3.05) is 13.2 Å². The van der Waals surface area contributed by atoms with Gasteiger partial charge in [0.25, 0.3) is 0 Å². The van der Waals surface area contributed by atoms with E-state index in [1.807, 2.05) is 0 Å². The summed E-state index contributed by atoms with van der Waals surface area (Å²) in [4.78, 5) is 38.3. The maximum atomic E-state index is 12.9. The summed E-state index contributed by atoms with van der Waals surface area (Å²) in [5.41, 5.74) is 0. The van der Waals surface area contributed by atoms with Crippen molar-refractivity contribution in [3.8, 4) is 0 Å². The zero-order valence-electron chi connectivity index (χ0n) is 50.6. The number of unbranched alkanes of at least 4 members (excludes halogenated alkanes) is 24. The first kappa shape index (κ1) is 73.5. The molecule has 6 heteroatoms. The maximum absolute atomic E-state index is 12.9. The van der Waals surface area contributed by atoms with Crippen molar-refractivity contribution in [3.63, 3.8) is 0 Å². The van der Waals surface area contributed by atoms with Gasteiger partial charge in [0.2, 0.25) is 0 Å². The van der Waals surface area contributed by atoms with Crippen LogP contribution in [0.3, 0.4) is 0 Å². The molecule has 0 heterocycles. The highest BCUT2D eigenvalue weighted by Gasteiger charge is 2.19. The molecule has 1 unspecified atom stereocenters. The Kier molecular flexibility index (Phi) is 61.4. The minimum atomic E-state index is -0.806. The summed E-state index contributed by atoms with van der Waals surface area (Å²) >= 11 is 0. The van der Waals surface area contributed by atoms with E-state index in [0.29, 0.717) is 12.8 Å². The second-order valence-electron chi connectivity index (χ2n) is 20.9. The largest absolute Gasteiger partial charge is 0.462 e. The zero-order chi connectivity index (χ0) is 56.4. The van der Waals surface area contributed by atoms with Crippen molar-refractivity contribution in [1.29, 1.82) is 0 Å². The lowest BCUT2D eigenvalue weighted by molar-refractivity contribution is -0.167. The minimum absolute atomic E-state index is 0.0986. The van der Waals surface area contributed by atoms with Crippen LogP contribution < -0.4 is 0 Å². The second-order valence-corrected chi connectivity index (χ2v) is 20.9. The summed E-state index contributed by atoms with van der Waals surface area (Å²) in [7, 11) is 0. The molecule has 0 spiro atoms. The van der Waals surface area contributed by atoms with Crippen LogP contribution in [0.25, 0.3) is 0 Å². The molecule has 0 aromatic heterocycles. The van der Waals surface area contributed by atoms with Crippen molar-refractivity contribution in [2.24, 2.45) is 0 Å². The number of carbonyl (C=O) groups is 3. The van der Waals surface area contributed by atoms with Gasteiger partial charge in [-0.1, -0.05) is 264 Å². The highest BCUT2D eigenvalue weighted by Crippen LogP contribution is 2.15. The van der Waals surface area contributed by atoms with Crippen LogP contribution in [0.2, 0.25) is 0 Å². The zero-order valence-corrected chi connectivity index (χ0v) is 50.6. The summed E-state index contributed by atoms with van der Waals surface area (Å²) in [6.07, 6.45) is 91.7. The number of hydrogen-bond donors (Lipinski definition) is 0. The second kappa shape index (κ2) is 65.1. The summed E-state index contributed by atoms with van der Waals surface area (Å²) in [6, 6.07) is 0. The third-order valence-corrected chi connectivity index (χ3v) is 13.4. The van der Waals surface area contributed by atoms with Crippen LogP contribution in [-0.4, -0.2) is 37.2 Å². The fourth-order valence-electron chi connectivity index (χ4n) is 8.61. The summed E-state index contributed by atoms with van der Waals surface area (Å²) in [6.45, 7) is 6.38. The van der Waals surface area contributed by atoms with E-state index in [2.05, 4.69) is 154 Å². The Morgan fingerprint density at radius 1 is 0.269 bits per heavy atom. The van der Waals surface area contributed by atoms with E-state index >= 15 is 0 Å². The van der Waals surface area contributed by atoms with Crippen LogP contribution in [0.1, 0.15) is 284 Å². The molecule has 0 radical (unpaired) electrons. The van der Waals surface area contributed by atoms with Gasteiger partial charge in [-0.25, -0.2) is 0 Å². The van der Waals surface area contributed by atoms with Gasteiger partial charge < -0.3 is 14.2 Å². The highest BCUT2D eigenvalue weighted by molar-refractivity contribution is 5.71. The molecular weight excluding hydrogens is 961 g/mol. The van der Waals surface area contributed by atoms with E-state index in [4.69, 9.17) is 14.2 Å². The normalized spacial score (nSPS) is 13.0. The predicted octanol–water partition coefficient (Wildman–Crippen LogP) is 22.2. The number of hydrogen-bond acceptors (Lipinski definition) is 6. The molecule has 78 heavy (non-hydrogen) atoms. The topological polar surface area (TPSA) is 78.9 Å². The first-order chi connectivity index (χ1) is 38.5. The quantitative estimate of drug-likeness (QED) is 0.0261. The first-order valence-electron chi connectivity index (χ1n) is 32.2. The number of rotatable bonds is 57. The molecule has 442 valence electrons. The van der Waals surface area contributed by atoms with E-state index in [9.17, 15) is 14.4 Å². The Morgan fingerprint density at radius 2 is 0.500 bits per heavy atom. The smallest absolute Gasteiger partial charge is 0.306 e. The summed E-state index contributed by atoms with van der Waals surface area (Å²) in [5, 5.41) is 0. The van der Waals surface area contributed by atoms with Gasteiger partial charge in [-0.05, 0) is 135 Å². The van der Waals surface area contributed by atoms with E-state index in [1.54, 1.807) is 0 Å². The van der Waals surface area contributed by atoms with Crippen LogP contribution in [0.4, 0.5) is 0 Å². The van der Waals surface area contributed by atoms with Gasteiger partial charge in [-0.2, -0.15) is 0 Å². The van der Waals surface area contributed by atoms with Gasteiger partial charge >= 0.3 is 17.9 Å². The molecule has 0 bridgehead atoms. The molecule has 0 aliphatic carbocycles. The van der Waals surface area contributed by atoms with Gasteiger partial charge in [0.05, 0.1) is 0 Å². The molecule has 0 fully saturated rings. The van der Waals surface area contributed by atoms with Gasteiger partial charge in [-0.15, -0.1) is 0 Å². The number of allylic oxidation sites excluding steroid dienone is 22. The van der Waals surface area contributed by atoms with Crippen LogP contribution >= 0.6 is 0 Å². The van der Waals surface area contributed by atoms with Crippen molar-refractivity contribution in [3.05, 3.63) is 134 Å². The lowest BCUT2D eigenvalue weighted by Gasteiger charge is -2.18. The number of carbonyl (C=O) groups excluding carboxylic acids is 3. The average molecular weight is 1080 g/mol. The van der Waals surface area contributed by atoms with Gasteiger partial charge in [0, 0.05) is 19.3 Å². The Labute approximate surface area is 481 Å². The third-order valence-electron chi connectivity index (χ3n) is 13.4. The third kappa shape index (κ3) is 62.4. The lowest BCUT2D eigenvalue weighted by atomic mass is 10.0. The highest BCUT2D eigenvalue weighted by atomic mass is 16.6. The lowest BCUT2D eigenvalue weighted by Crippen LogP contribution is -2.30. The molecule has 1 atom stereocenters. The Balaban J connectivity index is 4.39. The van der Waals surface area contributed by atoms with Crippen LogP contribution in [-0.2, 0) is 28.6 Å². The average Bonchev–Trinajstić information content (AvgIpc) is 3.44. The van der Waals surface area contributed by atoms with E-state index < -0.39 is 6.10 Å². The summed E-state index contributed by atoms with van der Waals surface area (Å²) < 4.78 is 16.9. The van der Waals surface area contributed by atoms with E-state index in [1.165, 1.54) is 103 Å². The predicted molar refractivity (Wildman–Crippen MR) is 339 cm³/mol. The van der Waals surface area contributed by atoms with E-state index in [-0.39, 0.29) is 37.5 Å². The molecule has 0 saturated carbocycles. The van der Waals surface area contributed by atoms with Gasteiger partial charge in [-0.3, -0.25) is 14.4 Å². The molecule has 0 aliphatic heterocycles. The van der Waals surface area contributed by atoms with Gasteiger partial charge in [0.1, 0.15) is 13.2 Å². The Bertz CT molecular complexity index is 1670. The molecular formula is C72H118O6. The molecule has 0 aromatic rings. The molecule has 0 amide bonds. The minimum Gasteiger partial charge on any atom is -0.462 e. The fraction of sp³-hybridized carbons (Fsp3) is 0.653. The van der Waals surface area contributed by atoms with Crippen LogP contribution in [0.15, 0.2) is 134 Å². The number of esters is 3. The Morgan fingerprint density at radius 3 is 0.808 bits per heavy atom. The molecule has 0 rings (SSSR count). The standard InChI is InChI=1S/C72H118O6/c1-4-7-10-13-16-19-22-25-28-30-32-33-34-35-36-37-38-39-41-42-44-47-50-53-56-59-62-65-71(74)77-68-69(67-76-70(73)64-61-58-55-52-49-46-27-24-21-18-15-12-9-6-3)78-72(75)66-63-60-57-54-51-48-45-43-40-31-29-26-23-20-17-14-11-8-5-2/h7-8,10-11,16-17,19-20,24-29,32-33,35-36,40,43,48,51,69H,4-6,9,12-15,18,21-23,30-31,34,37-39,41-42,44-47,49-50,52-68H2,1-3H3/b10-7-,11-8-,19-16-,20-17-,27-24-,28-25-,29-26-,33-32-,36-35-,43-40-,51-48-.